The van der Waals surface area contributed by atoms with Gasteiger partial charge in [0.25, 0.3) is 0 Å². The minimum atomic E-state index is -5.68. The molecule has 0 unspecified atom stereocenters. The van der Waals surface area contributed by atoms with Gasteiger partial charge < -0.3 is 13.8 Å². The van der Waals surface area contributed by atoms with Crippen LogP contribution in [0.1, 0.15) is 37.7 Å². The maximum atomic E-state index is 12.6. The first-order valence-electron chi connectivity index (χ1n) is 10.0. The van der Waals surface area contributed by atoms with Gasteiger partial charge in [0.1, 0.15) is 11.4 Å². The molecular formula is C20H26F3NO4S. The van der Waals surface area contributed by atoms with E-state index in [2.05, 4.69) is 9.08 Å². The molecule has 1 saturated heterocycles. The van der Waals surface area contributed by atoms with Crippen LogP contribution < -0.4 is 4.18 Å². The second-order valence-corrected chi connectivity index (χ2v) is 10.0. The van der Waals surface area contributed by atoms with Gasteiger partial charge in [0, 0.05) is 38.6 Å². The summed E-state index contributed by atoms with van der Waals surface area (Å²) in [5.41, 5.74) is -5.08. The lowest BCUT2D eigenvalue weighted by Crippen LogP contribution is -2.59. The van der Waals surface area contributed by atoms with Crippen LogP contribution >= 0.6 is 0 Å². The third-order valence-electron chi connectivity index (χ3n) is 6.62. The highest BCUT2D eigenvalue weighted by atomic mass is 32.2. The lowest BCUT2D eigenvalue weighted by molar-refractivity contribution is -0.169. The Kier molecular flexibility index (Phi) is 5.36. The molecular weight excluding hydrogens is 407 g/mol. The topological polar surface area (TPSA) is 55.8 Å². The maximum Gasteiger partial charge on any atom is 0.534 e. The number of nitrogens with zero attached hydrogens (tertiary/aromatic N) is 1. The summed E-state index contributed by atoms with van der Waals surface area (Å²) in [7, 11) is -3.98. The van der Waals surface area contributed by atoms with Crippen LogP contribution in [0.3, 0.4) is 0 Å². The largest absolute Gasteiger partial charge is 0.534 e. The van der Waals surface area contributed by atoms with E-state index >= 15 is 0 Å². The SMILES string of the molecule is CO[C@]1(c2ccc(OS(=O)(=O)C(F)(F)F)cc2)[C@@H]2CCC[C@H]1CN(CC1CC1)C2. The molecule has 0 aromatic heterocycles. The Labute approximate surface area is 169 Å². The predicted octanol–water partition coefficient (Wildman–Crippen LogP) is 3.90. The molecule has 5 nitrogen and oxygen atoms in total. The third kappa shape index (κ3) is 3.88. The van der Waals surface area contributed by atoms with Gasteiger partial charge >= 0.3 is 15.6 Å². The van der Waals surface area contributed by atoms with Gasteiger partial charge in [-0.1, -0.05) is 18.6 Å². The molecule has 0 radical (unpaired) electrons. The second-order valence-electron chi connectivity index (χ2n) is 8.49. The average molecular weight is 433 g/mol. The molecule has 1 heterocycles. The number of methoxy groups -OCH3 is 1. The molecule has 3 atom stereocenters. The van der Waals surface area contributed by atoms with Crippen molar-refractivity contribution in [2.75, 3.05) is 26.7 Å². The van der Waals surface area contributed by atoms with Crippen LogP contribution in [0, 0.1) is 17.8 Å². The molecule has 0 N–H and O–H groups in total. The summed E-state index contributed by atoms with van der Waals surface area (Å²) in [6.07, 6.45) is 5.83. The zero-order valence-corrected chi connectivity index (χ0v) is 17.1. The molecule has 3 aliphatic rings. The molecule has 2 bridgehead atoms. The van der Waals surface area contributed by atoms with Crippen LogP contribution in [-0.2, 0) is 20.5 Å². The smallest absolute Gasteiger partial charge is 0.376 e. The van der Waals surface area contributed by atoms with Crippen molar-refractivity contribution >= 4 is 10.1 Å². The lowest BCUT2D eigenvalue weighted by atomic mass is 9.62. The zero-order chi connectivity index (χ0) is 20.9. The van der Waals surface area contributed by atoms with Crippen molar-refractivity contribution in [1.29, 1.82) is 0 Å². The van der Waals surface area contributed by atoms with Crippen molar-refractivity contribution in [2.45, 2.75) is 43.2 Å². The first-order valence-corrected chi connectivity index (χ1v) is 11.5. The normalized spacial score (nSPS) is 30.9. The quantitative estimate of drug-likeness (QED) is 0.503. The summed E-state index contributed by atoms with van der Waals surface area (Å²) in [6, 6.07) is 5.86. The van der Waals surface area contributed by atoms with E-state index in [1.807, 2.05) is 0 Å². The zero-order valence-electron chi connectivity index (χ0n) is 16.3. The van der Waals surface area contributed by atoms with Crippen LogP contribution in [0.4, 0.5) is 13.2 Å². The van der Waals surface area contributed by atoms with Gasteiger partial charge in [-0.25, -0.2) is 0 Å². The van der Waals surface area contributed by atoms with Crippen LogP contribution in [0.5, 0.6) is 5.75 Å². The number of hydrogen-bond donors (Lipinski definition) is 0. The van der Waals surface area contributed by atoms with E-state index in [1.165, 1.54) is 25.0 Å². The minimum absolute atomic E-state index is 0.296. The Morgan fingerprint density at radius 3 is 2.14 bits per heavy atom. The van der Waals surface area contributed by atoms with Gasteiger partial charge in [0.15, 0.2) is 0 Å². The standard InChI is InChI=1S/C20H26F3NO4S/c1-27-19(15-7-9-18(10-8-15)28-29(25,26)20(21,22)23)16-3-2-4-17(19)13-24(12-16)11-14-5-6-14/h7-10,14,16-17H,2-6,11-13H2,1H3/t16-,17+,19-. The minimum Gasteiger partial charge on any atom is -0.376 e. The van der Waals surface area contributed by atoms with Gasteiger partial charge in [-0.15, -0.1) is 0 Å². The molecule has 2 saturated carbocycles. The number of alkyl halides is 3. The lowest BCUT2D eigenvalue weighted by Gasteiger charge is -2.55. The molecule has 4 rings (SSSR count). The Balaban J connectivity index is 1.57. The van der Waals surface area contributed by atoms with Crippen molar-refractivity contribution < 1.29 is 30.5 Å². The summed E-state index contributed by atoms with van der Waals surface area (Å²) in [4.78, 5) is 2.54. The van der Waals surface area contributed by atoms with Crippen LogP contribution in [-0.4, -0.2) is 45.6 Å². The maximum absolute atomic E-state index is 12.6. The fourth-order valence-electron chi connectivity index (χ4n) is 5.21. The summed E-state index contributed by atoms with van der Waals surface area (Å²) >= 11 is 0. The summed E-state index contributed by atoms with van der Waals surface area (Å²) in [6.45, 7) is 3.03. The van der Waals surface area contributed by atoms with E-state index in [0.717, 1.165) is 50.4 Å². The fourth-order valence-corrected chi connectivity index (χ4v) is 5.67. The highest BCUT2D eigenvalue weighted by Gasteiger charge is 2.53. The molecule has 0 spiro atoms. The Bertz CT molecular complexity index is 822. The van der Waals surface area contributed by atoms with Crippen molar-refractivity contribution in [2.24, 2.45) is 17.8 Å². The molecule has 1 aromatic carbocycles. The number of rotatable bonds is 6. The molecule has 29 heavy (non-hydrogen) atoms. The number of fused-ring (bicyclic) bond motifs is 2. The first-order chi connectivity index (χ1) is 13.7. The van der Waals surface area contributed by atoms with E-state index in [0.29, 0.717) is 11.8 Å². The second kappa shape index (κ2) is 7.42. The molecule has 0 amide bonds. The molecule has 162 valence electrons. The average Bonchev–Trinajstić information content (AvgIpc) is 3.44. The van der Waals surface area contributed by atoms with E-state index in [4.69, 9.17) is 4.74 Å². The Morgan fingerprint density at radius 2 is 1.66 bits per heavy atom. The number of likely N-dealkylation sites (tertiary alicyclic amines) is 1. The number of hydrogen-bond acceptors (Lipinski definition) is 5. The van der Waals surface area contributed by atoms with Crippen molar-refractivity contribution in [1.82, 2.24) is 4.90 Å². The Morgan fingerprint density at radius 1 is 1.07 bits per heavy atom. The monoisotopic (exact) mass is 433 g/mol. The number of ether oxygens (including phenoxy) is 1. The highest BCUT2D eigenvalue weighted by Crippen LogP contribution is 2.52. The van der Waals surface area contributed by atoms with Gasteiger partial charge in [0.2, 0.25) is 0 Å². The van der Waals surface area contributed by atoms with Crippen molar-refractivity contribution in [3.05, 3.63) is 29.8 Å². The number of halogens is 3. The Hall–Kier alpha value is -1.32. The molecule has 3 fully saturated rings. The summed E-state index contributed by atoms with van der Waals surface area (Å²) in [5.74, 6) is 1.06. The molecule has 1 aliphatic heterocycles. The summed E-state index contributed by atoms with van der Waals surface area (Å²) in [5, 5.41) is 0. The number of piperidine rings is 1. The predicted molar refractivity (Wildman–Crippen MR) is 101 cm³/mol. The van der Waals surface area contributed by atoms with E-state index in [-0.39, 0.29) is 5.75 Å². The molecule has 1 aromatic rings. The highest BCUT2D eigenvalue weighted by molar-refractivity contribution is 7.88. The first kappa shape index (κ1) is 20.9. The number of benzene rings is 1. The van der Waals surface area contributed by atoms with Crippen molar-refractivity contribution in [3.8, 4) is 5.75 Å². The molecule has 9 heteroatoms. The van der Waals surface area contributed by atoms with Gasteiger partial charge in [-0.3, -0.25) is 0 Å². The van der Waals surface area contributed by atoms with E-state index < -0.39 is 21.2 Å². The van der Waals surface area contributed by atoms with Crippen LogP contribution in [0.2, 0.25) is 0 Å². The van der Waals surface area contributed by atoms with Gasteiger partial charge in [-0.05, 0) is 49.3 Å². The third-order valence-corrected chi connectivity index (χ3v) is 7.60. The summed E-state index contributed by atoms with van der Waals surface area (Å²) < 4.78 is 70.5. The fraction of sp³-hybridized carbons (Fsp3) is 0.700. The van der Waals surface area contributed by atoms with Crippen LogP contribution in [0.15, 0.2) is 24.3 Å². The van der Waals surface area contributed by atoms with Crippen LogP contribution in [0.25, 0.3) is 0 Å². The van der Waals surface area contributed by atoms with Gasteiger partial charge in [0.05, 0.1) is 0 Å². The van der Waals surface area contributed by atoms with Gasteiger partial charge in [-0.2, -0.15) is 21.6 Å². The molecule has 2 aliphatic carbocycles. The van der Waals surface area contributed by atoms with E-state index in [1.54, 1.807) is 19.2 Å². The van der Waals surface area contributed by atoms with Crippen molar-refractivity contribution in [3.63, 3.8) is 0 Å². The van der Waals surface area contributed by atoms with E-state index in [9.17, 15) is 21.6 Å².